The van der Waals surface area contributed by atoms with Crippen molar-refractivity contribution in [3.05, 3.63) is 11.3 Å². The van der Waals surface area contributed by atoms with E-state index in [0.29, 0.717) is 32.0 Å². The minimum Gasteiger partial charge on any atom is -0.462 e. The Hall–Kier alpha value is -2.78. The van der Waals surface area contributed by atoms with Gasteiger partial charge in [-0.05, 0) is 40.8 Å². The van der Waals surface area contributed by atoms with Crippen LogP contribution < -0.4 is 15.0 Å². The summed E-state index contributed by atoms with van der Waals surface area (Å²) in [5.41, 5.74) is 1.19. The zero-order valence-corrected chi connectivity index (χ0v) is 21.4. The number of hydrogen-bond donors (Lipinski definition) is 1. The molecule has 4 rings (SSSR count). The van der Waals surface area contributed by atoms with E-state index in [1.165, 1.54) is 0 Å². The predicted molar refractivity (Wildman–Crippen MR) is 128 cm³/mol. The number of halogens is 2. The van der Waals surface area contributed by atoms with Crippen LogP contribution >= 0.6 is 0 Å². The lowest BCUT2D eigenvalue weighted by atomic mass is 10.0. The maximum atomic E-state index is 13.8. The Morgan fingerprint density at radius 2 is 2.06 bits per heavy atom. The summed E-state index contributed by atoms with van der Waals surface area (Å²) < 4.78 is 39.0. The van der Waals surface area contributed by atoms with Crippen LogP contribution in [0.1, 0.15) is 44.9 Å². The normalized spacial score (nSPS) is 24.2. The van der Waals surface area contributed by atoms with Crippen molar-refractivity contribution in [3.8, 4) is 12.1 Å². The number of amides is 1. The van der Waals surface area contributed by atoms with Crippen molar-refractivity contribution in [1.29, 1.82) is 5.26 Å². The number of carbonyl (C=O) groups is 1. The molecule has 0 bridgehead atoms. The molecular weight excluding hydrogens is 472 g/mol. The third-order valence-corrected chi connectivity index (χ3v) is 6.67. The molecule has 0 radical (unpaired) electrons. The van der Waals surface area contributed by atoms with Crippen molar-refractivity contribution in [2.45, 2.75) is 70.2 Å². The SMILES string of the molecule is CN1CC(F)(F)C[C@H]1COc1nc2c(c(N3CCN(C(=O)OC(C)(C)C)[C@@H](CC#N)C3)n1)CCNC2. The quantitative estimate of drug-likeness (QED) is 0.642. The summed E-state index contributed by atoms with van der Waals surface area (Å²) in [6.45, 7) is 7.87. The van der Waals surface area contributed by atoms with Crippen LogP contribution in [0, 0.1) is 11.3 Å². The molecule has 0 unspecified atom stereocenters. The molecule has 2 atom stereocenters. The second-order valence-corrected chi connectivity index (χ2v) is 10.8. The Balaban J connectivity index is 1.53. The first-order valence-electron chi connectivity index (χ1n) is 12.4. The van der Waals surface area contributed by atoms with Crippen molar-refractivity contribution in [2.24, 2.45) is 0 Å². The summed E-state index contributed by atoms with van der Waals surface area (Å²) in [5, 5.41) is 12.7. The van der Waals surface area contributed by atoms with Crippen molar-refractivity contribution >= 4 is 11.9 Å². The number of piperazine rings is 1. The number of ether oxygens (including phenoxy) is 2. The number of nitrogens with zero attached hydrogens (tertiary/aromatic N) is 6. The van der Waals surface area contributed by atoms with Gasteiger partial charge in [0.05, 0.1) is 30.8 Å². The van der Waals surface area contributed by atoms with Gasteiger partial charge in [0.15, 0.2) is 0 Å². The van der Waals surface area contributed by atoms with Crippen molar-refractivity contribution in [3.63, 3.8) is 0 Å². The van der Waals surface area contributed by atoms with Crippen molar-refractivity contribution in [2.75, 3.05) is 51.3 Å². The lowest BCUT2D eigenvalue weighted by Gasteiger charge is -2.42. The fraction of sp³-hybridized carbons (Fsp3) is 0.750. The largest absolute Gasteiger partial charge is 0.462 e. The average Bonchev–Trinajstić information content (AvgIpc) is 3.07. The Morgan fingerprint density at radius 1 is 1.28 bits per heavy atom. The minimum absolute atomic E-state index is 0.0707. The van der Waals surface area contributed by atoms with E-state index in [-0.39, 0.29) is 38.0 Å². The van der Waals surface area contributed by atoms with Crippen molar-refractivity contribution < 1.29 is 23.0 Å². The average molecular weight is 508 g/mol. The van der Waals surface area contributed by atoms with Crippen molar-refractivity contribution in [1.82, 2.24) is 25.1 Å². The summed E-state index contributed by atoms with van der Waals surface area (Å²) in [6, 6.07) is 1.56. The smallest absolute Gasteiger partial charge is 0.410 e. The molecule has 36 heavy (non-hydrogen) atoms. The van der Waals surface area contributed by atoms with Gasteiger partial charge in [-0.25, -0.2) is 13.6 Å². The number of rotatable bonds is 5. The van der Waals surface area contributed by atoms with Gasteiger partial charge >= 0.3 is 12.1 Å². The highest BCUT2D eigenvalue weighted by atomic mass is 19.3. The van der Waals surface area contributed by atoms with E-state index in [1.807, 2.05) is 20.8 Å². The number of likely N-dealkylation sites (tertiary alicyclic amines) is 1. The maximum Gasteiger partial charge on any atom is 0.410 e. The van der Waals surface area contributed by atoms with Gasteiger partial charge in [0.25, 0.3) is 5.92 Å². The molecule has 1 aromatic rings. The van der Waals surface area contributed by atoms with E-state index < -0.39 is 23.7 Å². The monoisotopic (exact) mass is 507 g/mol. The Morgan fingerprint density at radius 3 is 2.72 bits per heavy atom. The van der Waals surface area contributed by atoms with Crippen LogP contribution in [-0.4, -0.2) is 95.8 Å². The molecule has 1 aromatic heterocycles. The van der Waals surface area contributed by atoms with Gasteiger partial charge in [-0.15, -0.1) is 0 Å². The molecule has 0 saturated carbocycles. The first kappa shape index (κ1) is 26.3. The van der Waals surface area contributed by atoms with Crippen LogP contribution in [0.2, 0.25) is 0 Å². The molecule has 3 aliphatic heterocycles. The fourth-order valence-electron chi connectivity index (χ4n) is 4.95. The molecule has 2 saturated heterocycles. The van der Waals surface area contributed by atoms with E-state index in [9.17, 15) is 18.8 Å². The van der Waals surface area contributed by atoms with Gasteiger partial charge in [-0.1, -0.05) is 0 Å². The zero-order valence-electron chi connectivity index (χ0n) is 21.4. The van der Waals surface area contributed by atoms with E-state index in [2.05, 4.69) is 21.3 Å². The predicted octanol–water partition coefficient (Wildman–Crippen LogP) is 2.18. The molecule has 198 valence electrons. The standard InChI is InChI=1S/C24H35F2N7O3/c1-23(2,3)36-22(34)33-10-9-32(13-16(33)5-7-27)20-18-6-8-28-12-19(18)29-21(30-20)35-14-17-11-24(25,26)15-31(17)4/h16-17,28H,5-6,8-15H2,1-4H3/t16-,17-/m0/s1. The topological polar surface area (TPSA) is 107 Å². The Bertz CT molecular complexity index is 1010. The number of hydrogen-bond acceptors (Lipinski definition) is 9. The summed E-state index contributed by atoms with van der Waals surface area (Å²) in [4.78, 5) is 27.3. The van der Waals surface area contributed by atoms with Gasteiger partial charge in [0.1, 0.15) is 18.0 Å². The second kappa shape index (κ2) is 10.3. The highest BCUT2D eigenvalue weighted by molar-refractivity contribution is 5.69. The number of nitriles is 1. The van der Waals surface area contributed by atoms with E-state index >= 15 is 0 Å². The minimum atomic E-state index is -2.72. The first-order valence-corrected chi connectivity index (χ1v) is 12.4. The summed E-state index contributed by atoms with van der Waals surface area (Å²) in [6.07, 6.45) is 0.206. The molecule has 2 fully saturated rings. The number of anilines is 1. The van der Waals surface area contributed by atoms with E-state index in [0.717, 1.165) is 24.2 Å². The van der Waals surface area contributed by atoms with Gasteiger partial charge in [-0.3, -0.25) is 4.90 Å². The lowest BCUT2D eigenvalue weighted by Crippen LogP contribution is -2.56. The highest BCUT2D eigenvalue weighted by Gasteiger charge is 2.43. The van der Waals surface area contributed by atoms with Crippen LogP contribution in [0.5, 0.6) is 6.01 Å². The zero-order chi connectivity index (χ0) is 26.1. The third-order valence-electron chi connectivity index (χ3n) is 6.67. The molecule has 1 N–H and O–H groups in total. The van der Waals surface area contributed by atoms with Gasteiger partial charge in [-0.2, -0.15) is 15.2 Å². The van der Waals surface area contributed by atoms with Crippen LogP contribution in [0.25, 0.3) is 0 Å². The number of fused-ring (bicyclic) bond motifs is 1. The molecule has 0 aliphatic carbocycles. The molecular formula is C24H35F2N7O3. The molecule has 0 spiro atoms. The Labute approximate surface area is 210 Å². The number of carbonyl (C=O) groups excluding carboxylic acids is 1. The number of alkyl halides is 2. The summed E-state index contributed by atoms with van der Waals surface area (Å²) >= 11 is 0. The van der Waals surface area contributed by atoms with Crippen LogP contribution in [0.3, 0.4) is 0 Å². The van der Waals surface area contributed by atoms with Gasteiger partial charge < -0.3 is 24.6 Å². The number of likely N-dealkylation sites (N-methyl/N-ethyl adjacent to an activating group) is 1. The summed E-state index contributed by atoms with van der Waals surface area (Å²) in [5.74, 6) is -2.01. The van der Waals surface area contributed by atoms with E-state index in [4.69, 9.17) is 14.5 Å². The van der Waals surface area contributed by atoms with Gasteiger partial charge in [0.2, 0.25) is 0 Å². The van der Waals surface area contributed by atoms with Gasteiger partial charge in [0, 0.05) is 44.2 Å². The molecule has 10 nitrogen and oxygen atoms in total. The first-order chi connectivity index (χ1) is 17.0. The number of aromatic nitrogens is 2. The van der Waals surface area contributed by atoms with Crippen LogP contribution in [-0.2, 0) is 17.7 Å². The fourth-order valence-corrected chi connectivity index (χ4v) is 4.95. The van der Waals surface area contributed by atoms with Crippen LogP contribution in [0.15, 0.2) is 0 Å². The molecule has 3 aliphatic rings. The molecule has 12 heteroatoms. The maximum absolute atomic E-state index is 13.8. The highest BCUT2D eigenvalue weighted by Crippen LogP contribution is 2.32. The number of nitrogens with one attached hydrogen (secondary N) is 1. The molecule has 0 aromatic carbocycles. The third kappa shape index (κ3) is 6.13. The molecule has 4 heterocycles. The van der Waals surface area contributed by atoms with E-state index in [1.54, 1.807) is 16.8 Å². The Kier molecular flexibility index (Phi) is 7.52. The van der Waals surface area contributed by atoms with Crippen LogP contribution in [0.4, 0.5) is 19.4 Å². The lowest BCUT2D eigenvalue weighted by molar-refractivity contribution is 0.0132. The molecule has 1 amide bonds. The second-order valence-electron chi connectivity index (χ2n) is 10.8. The summed E-state index contributed by atoms with van der Waals surface area (Å²) in [7, 11) is 1.66.